The van der Waals surface area contributed by atoms with Crippen LogP contribution in [0.15, 0.2) is 203 Å². The number of ether oxygens (including phenoxy) is 1. The van der Waals surface area contributed by atoms with E-state index < -0.39 is 5.41 Å². The first-order valence-corrected chi connectivity index (χ1v) is 21.2. The van der Waals surface area contributed by atoms with Crippen LogP contribution in [-0.4, -0.2) is 9.13 Å². The van der Waals surface area contributed by atoms with Gasteiger partial charge in [-0.15, -0.1) is 0 Å². The molecule has 0 radical (unpaired) electrons. The Kier molecular flexibility index (Phi) is 6.04. The molecule has 4 aromatic heterocycles. The van der Waals surface area contributed by atoms with Crippen molar-refractivity contribution in [2.24, 2.45) is 0 Å². The van der Waals surface area contributed by atoms with Crippen LogP contribution >= 0.6 is 0 Å². The highest BCUT2D eigenvalue weighted by atomic mass is 16.5. The van der Waals surface area contributed by atoms with E-state index in [4.69, 9.17) is 13.6 Å². The summed E-state index contributed by atoms with van der Waals surface area (Å²) in [5, 5.41) is 7.95. The third-order valence-electron chi connectivity index (χ3n) is 13.8. The van der Waals surface area contributed by atoms with Gasteiger partial charge >= 0.3 is 0 Å². The third-order valence-corrected chi connectivity index (χ3v) is 13.8. The first-order valence-electron chi connectivity index (χ1n) is 21.2. The number of para-hydroxylation sites is 6. The fourth-order valence-corrected chi connectivity index (χ4v) is 11.3. The number of benzene rings is 9. The summed E-state index contributed by atoms with van der Waals surface area (Å²) >= 11 is 0. The van der Waals surface area contributed by atoms with E-state index in [2.05, 4.69) is 185 Å². The molecular weight excluding hydrogens is 761 g/mol. The predicted molar refractivity (Wildman–Crippen MR) is 250 cm³/mol. The normalized spacial score (nSPS) is 15.3. The maximum Gasteiger partial charge on any atom is 0.178 e. The van der Waals surface area contributed by atoms with Crippen molar-refractivity contribution in [1.29, 1.82) is 0 Å². The summed E-state index contributed by atoms with van der Waals surface area (Å²) in [5.41, 5.74) is 14.0. The first-order chi connectivity index (χ1) is 30.8. The molecule has 0 fully saturated rings. The standard InChI is InChI=1S/C57H32N2O3/c1-7-19-47-37(13-1)38-14-2-8-20-48(38)58(47)33-25-27-35-36-28-26-34(59-49-21-9-3-15-39(49)41-29-30-42-40-16-4-10-22-50(40)60-54(42)53(41)59)32-46(36)57(45(35)31-33)44-18-6-12-24-52(44)61-55-43-17-5-11-23-51(43)62-56(55)57/h1-32H. The van der Waals surface area contributed by atoms with E-state index in [0.29, 0.717) is 0 Å². The summed E-state index contributed by atoms with van der Waals surface area (Å²) in [6.07, 6.45) is 0. The molecule has 0 saturated heterocycles. The van der Waals surface area contributed by atoms with E-state index in [1.807, 2.05) is 18.2 Å². The average molecular weight is 793 g/mol. The molecular formula is C57H32N2O3. The zero-order valence-corrected chi connectivity index (χ0v) is 33.1. The van der Waals surface area contributed by atoms with E-state index in [1.165, 1.54) is 32.8 Å². The lowest BCUT2D eigenvalue weighted by atomic mass is 9.69. The third kappa shape index (κ3) is 3.90. The smallest absolute Gasteiger partial charge is 0.178 e. The van der Waals surface area contributed by atoms with Crippen LogP contribution < -0.4 is 4.74 Å². The summed E-state index contributed by atoms with van der Waals surface area (Å²) in [5.74, 6) is 2.36. The van der Waals surface area contributed by atoms with Crippen LogP contribution in [0.5, 0.6) is 11.5 Å². The summed E-state index contributed by atoms with van der Waals surface area (Å²) in [6.45, 7) is 0. The van der Waals surface area contributed by atoms with E-state index in [1.54, 1.807) is 0 Å². The zero-order valence-electron chi connectivity index (χ0n) is 33.1. The molecule has 2 aliphatic rings. The second kappa shape index (κ2) is 11.5. The Morgan fingerprint density at radius 2 is 0.887 bits per heavy atom. The fraction of sp³-hybridized carbons (Fsp3) is 0.0175. The van der Waals surface area contributed by atoms with E-state index in [9.17, 15) is 0 Å². The van der Waals surface area contributed by atoms with E-state index >= 15 is 0 Å². The largest absolute Gasteiger partial charge is 0.455 e. The lowest BCUT2D eigenvalue weighted by Crippen LogP contribution is -2.31. The molecule has 0 bridgehead atoms. The molecule has 1 spiro atoms. The Morgan fingerprint density at radius 1 is 0.371 bits per heavy atom. The van der Waals surface area contributed by atoms with Gasteiger partial charge in [0.25, 0.3) is 0 Å². The van der Waals surface area contributed by atoms with Crippen LogP contribution in [-0.2, 0) is 5.41 Å². The molecule has 1 atom stereocenters. The van der Waals surface area contributed by atoms with Gasteiger partial charge < -0.3 is 22.7 Å². The van der Waals surface area contributed by atoms with Gasteiger partial charge in [0.05, 0.1) is 27.5 Å². The van der Waals surface area contributed by atoms with E-state index in [-0.39, 0.29) is 0 Å². The molecule has 0 N–H and O–H groups in total. The molecule has 5 heteroatoms. The summed E-state index contributed by atoms with van der Waals surface area (Å²) < 4.78 is 25.7. The number of nitrogens with zero attached hydrogens (tertiary/aromatic N) is 2. The van der Waals surface area contributed by atoms with Gasteiger partial charge in [-0.05, 0) is 95.1 Å². The monoisotopic (exact) mass is 792 g/mol. The Hall–Kier alpha value is -8.28. The van der Waals surface area contributed by atoms with Crippen LogP contribution in [0.2, 0.25) is 0 Å². The van der Waals surface area contributed by atoms with Crippen LogP contribution in [0.1, 0.15) is 22.5 Å². The molecule has 62 heavy (non-hydrogen) atoms. The summed E-state index contributed by atoms with van der Waals surface area (Å²) in [6, 6.07) is 69.7. The molecule has 5 nitrogen and oxygen atoms in total. The predicted octanol–water partition coefficient (Wildman–Crippen LogP) is 15.0. The minimum absolute atomic E-state index is 0.756. The molecule has 1 unspecified atom stereocenters. The van der Waals surface area contributed by atoms with Crippen molar-refractivity contribution in [2.75, 3.05) is 0 Å². The average Bonchev–Trinajstić information content (AvgIpc) is 4.13. The van der Waals surface area contributed by atoms with Crippen molar-refractivity contribution in [3.63, 3.8) is 0 Å². The Balaban J connectivity index is 1.08. The molecule has 13 aromatic rings. The van der Waals surface area contributed by atoms with Crippen LogP contribution in [0.4, 0.5) is 0 Å². The molecule has 0 saturated carbocycles. The van der Waals surface area contributed by atoms with Gasteiger partial charge in [0.1, 0.15) is 22.3 Å². The van der Waals surface area contributed by atoms with Gasteiger partial charge in [-0.2, -0.15) is 0 Å². The van der Waals surface area contributed by atoms with E-state index in [0.717, 1.165) is 100 Å². The summed E-state index contributed by atoms with van der Waals surface area (Å²) in [7, 11) is 0. The van der Waals surface area contributed by atoms with Crippen LogP contribution in [0.25, 0.3) is 99.0 Å². The minimum Gasteiger partial charge on any atom is -0.455 e. The van der Waals surface area contributed by atoms with Gasteiger partial charge in [-0.1, -0.05) is 121 Å². The number of fused-ring (bicyclic) bond motifs is 21. The quantitative estimate of drug-likeness (QED) is 0.175. The minimum atomic E-state index is -0.869. The first kappa shape index (κ1) is 32.6. The number of aromatic nitrogens is 2. The van der Waals surface area contributed by atoms with Gasteiger partial charge in [-0.3, -0.25) is 0 Å². The molecule has 1 aliphatic heterocycles. The van der Waals surface area contributed by atoms with Crippen molar-refractivity contribution in [3.8, 4) is 34.0 Å². The number of hydrogen-bond donors (Lipinski definition) is 0. The molecule has 1 aliphatic carbocycles. The van der Waals surface area contributed by atoms with Gasteiger partial charge in [0, 0.05) is 49.3 Å². The lowest BCUT2D eigenvalue weighted by Gasteiger charge is -2.36. The lowest BCUT2D eigenvalue weighted by molar-refractivity contribution is 0.389. The van der Waals surface area contributed by atoms with Gasteiger partial charge in [0.2, 0.25) is 0 Å². The summed E-state index contributed by atoms with van der Waals surface area (Å²) in [4.78, 5) is 0. The zero-order chi connectivity index (χ0) is 40.3. The van der Waals surface area contributed by atoms with Gasteiger partial charge in [0.15, 0.2) is 17.1 Å². The van der Waals surface area contributed by atoms with Crippen molar-refractivity contribution < 1.29 is 13.6 Å². The van der Waals surface area contributed by atoms with Crippen molar-refractivity contribution in [3.05, 3.63) is 217 Å². The van der Waals surface area contributed by atoms with Crippen molar-refractivity contribution in [1.82, 2.24) is 9.13 Å². The van der Waals surface area contributed by atoms with Crippen molar-refractivity contribution in [2.45, 2.75) is 5.41 Å². The SMILES string of the molecule is c1ccc2c(c1)Oc1c(oc3ccccc13)C21c2cc(-n3c4ccccc4c4ccccc43)ccc2-c2ccc(-n3c4ccccc4c4ccc5c6ccccc6oc5c43)cc21. The van der Waals surface area contributed by atoms with Crippen LogP contribution in [0.3, 0.4) is 0 Å². The van der Waals surface area contributed by atoms with Crippen molar-refractivity contribution >= 4 is 76.5 Å². The number of furan rings is 2. The molecule has 0 amide bonds. The molecule has 15 rings (SSSR count). The Morgan fingerprint density at radius 3 is 1.58 bits per heavy atom. The number of rotatable bonds is 2. The second-order valence-electron chi connectivity index (χ2n) is 16.7. The molecule has 288 valence electrons. The maximum absolute atomic E-state index is 7.18. The highest BCUT2D eigenvalue weighted by molar-refractivity contribution is 6.21. The fourth-order valence-electron chi connectivity index (χ4n) is 11.3. The Bertz CT molecular complexity index is 4050. The maximum atomic E-state index is 7.18. The topological polar surface area (TPSA) is 45.4 Å². The number of hydrogen-bond acceptors (Lipinski definition) is 3. The highest BCUT2D eigenvalue weighted by Crippen LogP contribution is 2.64. The van der Waals surface area contributed by atoms with Crippen LogP contribution in [0, 0.1) is 0 Å². The Labute approximate surface area is 353 Å². The molecule has 9 aromatic carbocycles. The highest BCUT2D eigenvalue weighted by Gasteiger charge is 2.54. The second-order valence-corrected chi connectivity index (χ2v) is 16.7. The van der Waals surface area contributed by atoms with Gasteiger partial charge in [-0.25, -0.2) is 0 Å². The molecule has 5 heterocycles.